The first kappa shape index (κ1) is 19.6. The van der Waals surface area contributed by atoms with Gasteiger partial charge in [0.1, 0.15) is 17.2 Å². The van der Waals surface area contributed by atoms with Crippen LogP contribution in [0, 0.1) is 0 Å². The normalized spacial score (nSPS) is 15.4. The highest BCUT2D eigenvalue weighted by atomic mass is 32.1. The van der Waals surface area contributed by atoms with Crippen molar-refractivity contribution in [1.29, 1.82) is 0 Å². The lowest BCUT2D eigenvalue weighted by molar-refractivity contribution is 0.0958. The molecule has 7 nitrogen and oxygen atoms in total. The van der Waals surface area contributed by atoms with E-state index in [2.05, 4.69) is 34.2 Å². The minimum absolute atomic E-state index is 0.241. The fourth-order valence-electron chi connectivity index (χ4n) is 3.51. The monoisotopic (exact) mass is 411 g/mol. The number of hydrogen-bond acceptors (Lipinski definition) is 7. The minimum Gasteiger partial charge on any atom is -0.457 e. The van der Waals surface area contributed by atoms with Gasteiger partial charge in [-0.1, -0.05) is 11.3 Å². The predicted molar refractivity (Wildman–Crippen MR) is 116 cm³/mol. The second-order valence-electron chi connectivity index (χ2n) is 7.33. The molecule has 1 N–H and O–H groups in total. The van der Waals surface area contributed by atoms with Gasteiger partial charge in [0.25, 0.3) is 5.91 Å². The van der Waals surface area contributed by atoms with Gasteiger partial charge in [-0.25, -0.2) is 4.98 Å². The Balaban J connectivity index is 1.52. The molecular weight excluding hydrogens is 386 g/mol. The number of nitrogens with zero attached hydrogens (tertiary/aromatic N) is 4. The summed E-state index contributed by atoms with van der Waals surface area (Å²) in [6.07, 6.45) is 3.89. The number of amides is 1. The first-order valence-corrected chi connectivity index (χ1v) is 10.5. The molecule has 0 atom stereocenters. The molecule has 2 aromatic heterocycles. The number of nitrogens with one attached hydrogen (secondary N) is 1. The van der Waals surface area contributed by atoms with Crippen LogP contribution in [0.25, 0.3) is 10.2 Å². The van der Waals surface area contributed by atoms with Gasteiger partial charge in [-0.05, 0) is 51.2 Å². The van der Waals surface area contributed by atoms with E-state index in [1.807, 2.05) is 18.2 Å². The summed E-state index contributed by atoms with van der Waals surface area (Å²) in [5.74, 6) is 1.05. The first-order chi connectivity index (χ1) is 14.0. The Morgan fingerprint density at radius 2 is 2.00 bits per heavy atom. The molecule has 1 aliphatic heterocycles. The van der Waals surface area contributed by atoms with E-state index >= 15 is 0 Å². The van der Waals surface area contributed by atoms with Gasteiger partial charge in [0.15, 0.2) is 5.13 Å². The maximum absolute atomic E-state index is 11.8. The van der Waals surface area contributed by atoms with Gasteiger partial charge in [0, 0.05) is 38.5 Å². The van der Waals surface area contributed by atoms with E-state index in [1.165, 1.54) is 0 Å². The SMILES string of the molecule is CNC(=O)c1cc(Oc2ccc3nc(N(C)C4CCN(C)CC4)sc3c2)ccn1. The third-order valence-electron chi connectivity index (χ3n) is 5.31. The number of ether oxygens (including phenoxy) is 1. The van der Waals surface area contributed by atoms with Crippen LogP contribution >= 0.6 is 11.3 Å². The molecule has 0 radical (unpaired) electrons. The molecule has 152 valence electrons. The van der Waals surface area contributed by atoms with Gasteiger partial charge < -0.3 is 19.9 Å². The van der Waals surface area contributed by atoms with Crippen LogP contribution in [0.4, 0.5) is 5.13 Å². The van der Waals surface area contributed by atoms with E-state index in [4.69, 9.17) is 9.72 Å². The number of rotatable bonds is 5. The van der Waals surface area contributed by atoms with Crippen LogP contribution in [0.15, 0.2) is 36.5 Å². The highest BCUT2D eigenvalue weighted by Crippen LogP contribution is 2.34. The Morgan fingerprint density at radius 3 is 2.76 bits per heavy atom. The number of fused-ring (bicyclic) bond motifs is 1. The lowest BCUT2D eigenvalue weighted by Gasteiger charge is -2.34. The molecule has 1 saturated heterocycles. The van der Waals surface area contributed by atoms with Gasteiger partial charge in [-0.15, -0.1) is 0 Å². The summed E-state index contributed by atoms with van der Waals surface area (Å²) in [5.41, 5.74) is 1.30. The topological polar surface area (TPSA) is 70.6 Å². The number of benzene rings is 1. The predicted octanol–water partition coefficient (Wildman–Crippen LogP) is 3.37. The van der Waals surface area contributed by atoms with Crippen molar-refractivity contribution in [2.75, 3.05) is 39.1 Å². The van der Waals surface area contributed by atoms with Crippen molar-refractivity contribution in [2.45, 2.75) is 18.9 Å². The van der Waals surface area contributed by atoms with Crippen LogP contribution in [0.5, 0.6) is 11.5 Å². The summed E-state index contributed by atoms with van der Waals surface area (Å²) >= 11 is 1.68. The standard InChI is InChI=1S/C21H25N5O2S/c1-22-20(27)18-12-16(6-9-23-18)28-15-4-5-17-19(13-15)29-21(24-17)26(3)14-7-10-25(2)11-8-14/h4-6,9,12-14H,7-8,10-11H2,1-3H3,(H,22,27). The maximum atomic E-state index is 11.8. The zero-order valence-corrected chi connectivity index (χ0v) is 17.7. The van der Waals surface area contributed by atoms with Gasteiger partial charge >= 0.3 is 0 Å². The van der Waals surface area contributed by atoms with E-state index in [1.54, 1.807) is 36.7 Å². The number of hydrogen-bond donors (Lipinski definition) is 1. The van der Waals surface area contributed by atoms with Crippen molar-refractivity contribution in [2.24, 2.45) is 0 Å². The number of pyridine rings is 1. The molecule has 0 unspecified atom stereocenters. The Morgan fingerprint density at radius 1 is 1.24 bits per heavy atom. The van der Waals surface area contributed by atoms with E-state index < -0.39 is 0 Å². The lowest BCUT2D eigenvalue weighted by Crippen LogP contribution is -2.41. The molecular formula is C21H25N5O2S. The van der Waals surface area contributed by atoms with Gasteiger partial charge in [0.2, 0.25) is 0 Å². The van der Waals surface area contributed by atoms with Crippen molar-refractivity contribution in [3.05, 3.63) is 42.2 Å². The van der Waals surface area contributed by atoms with Crippen LogP contribution in [-0.4, -0.2) is 61.0 Å². The van der Waals surface area contributed by atoms with E-state index in [-0.39, 0.29) is 5.91 Å². The molecule has 0 spiro atoms. The van der Waals surface area contributed by atoms with E-state index in [9.17, 15) is 4.79 Å². The van der Waals surface area contributed by atoms with Crippen LogP contribution in [-0.2, 0) is 0 Å². The quantitative estimate of drug-likeness (QED) is 0.694. The summed E-state index contributed by atoms with van der Waals surface area (Å²) in [6.45, 7) is 2.25. The maximum Gasteiger partial charge on any atom is 0.269 e. The van der Waals surface area contributed by atoms with Crippen molar-refractivity contribution in [3.8, 4) is 11.5 Å². The van der Waals surface area contributed by atoms with Crippen molar-refractivity contribution in [1.82, 2.24) is 20.2 Å². The molecule has 1 aromatic carbocycles. The smallest absolute Gasteiger partial charge is 0.269 e. The number of likely N-dealkylation sites (tertiary alicyclic amines) is 1. The second kappa shape index (κ2) is 8.34. The number of aromatic nitrogens is 2. The highest BCUT2D eigenvalue weighted by Gasteiger charge is 2.23. The number of thiazole rings is 1. The molecule has 0 aliphatic carbocycles. The molecule has 8 heteroatoms. The van der Waals surface area contributed by atoms with Crippen LogP contribution in [0.2, 0.25) is 0 Å². The van der Waals surface area contributed by atoms with Gasteiger partial charge in [-0.2, -0.15) is 0 Å². The molecule has 4 rings (SSSR count). The van der Waals surface area contributed by atoms with Crippen molar-refractivity contribution < 1.29 is 9.53 Å². The molecule has 1 amide bonds. The summed E-state index contributed by atoms with van der Waals surface area (Å²) < 4.78 is 7.04. The summed E-state index contributed by atoms with van der Waals surface area (Å²) in [4.78, 5) is 25.3. The second-order valence-corrected chi connectivity index (χ2v) is 8.34. The fraction of sp³-hybridized carbons (Fsp3) is 0.381. The molecule has 3 heterocycles. The Bertz CT molecular complexity index is 1010. The molecule has 29 heavy (non-hydrogen) atoms. The highest BCUT2D eigenvalue weighted by molar-refractivity contribution is 7.22. The van der Waals surface area contributed by atoms with E-state index in [0.29, 0.717) is 23.2 Å². The van der Waals surface area contributed by atoms with Gasteiger partial charge in [0.05, 0.1) is 10.2 Å². The molecule has 0 saturated carbocycles. The summed E-state index contributed by atoms with van der Waals surface area (Å²) in [6, 6.07) is 9.79. The average Bonchev–Trinajstić information content (AvgIpc) is 3.17. The summed E-state index contributed by atoms with van der Waals surface area (Å²) in [7, 11) is 5.90. The van der Waals surface area contributed by atoms with Crippen LogP contribution < -0.4 is 15.0 Å². The number of carbonyl (C=O) groups is 1. The minimum atomic E-state index is -0.241. The molecule has 3 aromatic rings. The zero-order valence-electron chi connectivity index (χ0n) is 16.9. The molecule has 1 fully saturated rings. The lowest BCUT2D eigenvalue weighted by atomic mass is 10.0. The Kier molecular flexibility index (Phi) is 5.64. The third kappa shape index (κ3) is 4.33. The van der Waals surface area contributed by atoms with Crippen molar-refractivity contribution >= 4 is 32.6 Å². The fourth-order valence-corrected chi connectivity index (χ4v) is 4.54. The first-order valence-electron chi connectivity index (χ1n) is 9.71. The Labute approximate surface area is 174 Å². The average molecular weight is 412 g/mol. The number of piperidine rings is 1. The van der Waals surface area contributed by atoms with Crippen molar-refractivity contribution in [3.63, 3.8) is 0 Å². The Hall–Kier alpha value is -2.71. The van der Waals surface area contributed by atoms with E-state index in [0.717, 1.165) is 41.3 Å². The number of anilines is 1. The van der Waals surface area contributed by atoms with Crippen LogP contribution in [0.3, 0.4) is 0 Å². The van der Waals surface area contributed by atoms with Gasteiger partial charge in [-0.3, -0.25) is 9.78 Å². The van der Waals surface area contributed by atoms with Crippen LogP contribution in [0.1, 0.15) is 23.3 Å². The molecule has 1 aliphatic rings. The third-order valence-corrected chi connectivity index (χ3v) is 6.42. The largest absolute Gasteiger partial charge is 0.457 e. The number of carbonyl (C=O) groups excluding carboxylic acids is 1. The summed E-state index contributed by atoms with van der Waals surface area (Å²) in [5, 5.41) is 3.61. The zero-order chi connectivity index (χ0) is 20.4. The molecule has 0 bridgehead atoms.